The Labute approximate surface area is 159 Å². The number of hydrogen-bond donors (Lipinski definition) is 1. The van der Waals surface area contributed by atoms with Gasteiger partial charge >= 0.3 is 0 Å². The zero-order chi connectivity index (χ0) is 18.8. The van der Waals surface area contributed by atoms with E-state index < -0.39 is 0 Å². The van der Waals surface area contributed by atoms with Crippen LogP contribution in [0.1, 0.15) is 5.69 Å². The maximum absolute atomic E-state index is 12.8. The van der Waals surface area contributed by atoms with E-state index in [0.29, 0.717) is 18.5 Å². The van der Waals surface area contributed by atoms with Crippen molar-refractivity contribution in [2.24, 2.45) is 10.7 Å². The number of benzene rings is 1. The van der Waals surface area contributed by atoms with E-state index >= 15 is 0 Å². The molecule has 0 saturated heterocycles. The van der Waals surface area contributed by atoms with Crippen molar-refractivity contribution in [3.05, 3.63) is 57.6 Å². The minimum atomic E-state index is -0.150. The Morgan fingerprint density at radius 3 is 3.11 bits per heavy atom. The van der Waals surface area contributed by atoms with Gasteiger partial charge < -0.3 is 10.5 Å². The average molecular weight is 382 g/mol. The third-order valence-electron chi connectivity index (χ3n) is 4.14. The summed E-state index contributed by atoms with van der Waals surface area (Å²) >= 11 is 1.48. The lowest BCUT2D eigenvalue weighted by Crippen LogP contribution is -2.23. The van der Waals surface area contributed by atoms with Gasteiger partial charge in [0.05, 0.1) is 30.4 Å². The lowest BCUT2D eigenvalue weighted by atomic mass is 10.2. The van der Waals surface area contributed by atoms with Gasteiger partial charge in [-0.2, -0.15) is 10.2 Å². The lowest BCUT2D eigenvalue weighted by molar-refractivity contribution is 0.356. The molecule has 27 heavy (non-hydrogen) atoms. The van der Waals surface area contributed by atoms with Crippen molar-refractivity contribution < 1.29 is 4.74 Å². The van der Waals surface area contributed by atoms with Crippen LogP contribution in [0.3, 0.4) is 0 Å². The molecule has 1 aromatic carbocycles. The number of ether oxygens (including phenoxy) is 1. The van der Waals surface area contributed by atoms with Crippen LogP contribution >= 0.6 is 11.8 Å². The zero-order valence-corrected chi connectivity index (χ0v) is 15.5. The summed E-state index contributed by atoms with van der Waals surface area (Å²) in [4.78, 5) is 18.5. The molecule has 0 saturated carbocycles. The molecule has 0 amide bonds. The third kappa shape index (κ3) is 3.45. The normalized spacial score (nSPS) is 14.0. The first-order chi connectivity index (χ1) is 13.2. The second kappa shape index (κ2) is 7.28. The lowest BCUT2D eigenvalue weighted by Gasteiger charge is -2.06. The van der Waals surface area contributed by atoms with Gasteiger partial charge in [0.25, 0.3) is 5.56 Å². The summed E-state index contributed by atoms with van der Waals surface area (Å²) < 4.78 is 8.67. The highest BCUT2D eigenvalue weighted by Crippen LogP contribution is 2.27. The van der Waals surface area contributed by atoms with E-state index in [1.807, 2.05) is 24.3 Å². The van der Waals surface area contributed by atoms with Crippen LogP contribution in [0, 0.1) is 0 Å². The fourth-order valence-corrected chi connectivity index (χ4v) is 3.72. The number of thioether (sulfide) groups is 1. The Balaban J connectivity index is 1.62. The molecule has 0 unspecified atom stereocenters. The highest BCUT2D eigenvalue weighted by molar-refractivity contribution is 8.04. The minimum Gasteiger partial charge on any atom is -0.476 e. The van der Waals surface area contributed by atoms with Crippen molar-refractivity contribution in [2.75, 3.05) is 13.7 Å². The molecule has 3 heterocycles. The van der Waals surface area contributed by atoms with Gasteiger partial charge in [-0.25, -0.2) is 9.36 Å². The maximum atomic E-state index is 12.8. The summed E-state index contributed by atoms with van der Waals surface area (Å²) in [5.41, 5.74) is 6.21. The van der Waals surface area contributed by atoms with Crippen LogP contribution in [0.4, 0.5) is 0 Å². The quantitative estimate of drug-likeness (QED) is 0.532. The van der Waals surface area contributed by atoms with E-state index in [1.54, 1.807) is 24.1 Å². The molecule has 3 aromatic rings. The number of rotatable bonds is 5. The summed E-state index contributed by atoms with van der Waals surface area (Å²) in [6.07, 6.45) is 4.89. The molecular formula is C18H18N6O2S. The Morgan fingerprint density at radius 2 is 2.33 bits per heavy atom. The van der Waals surface area contributed by atoms with Crippen LogP contribution in [0.5, 0.6) is 5.88 Å². The largest absolute Gasteiger partial charge is 0.476 e. The predicted octanol–water partition coefficient (Wildman–Crippen LogP) is 1.63. The molecule has 0 bridgehead atoms. The predicted molar refractivity (Wildman–Crippen MR) is 105 cm³/mol. The van der Waals surface area contributed by atoms with E-state index in [4.69, 9.17) is 10.5 Å². The molecule has 0 atom stereocenters. The number of aromatic nitrogens is 4. The summed E-state index contributed by atoms with van der Waals surface area (Å²) in [6, 6.07) is 7.47. The van der Waals surface area contributed by atoms with Gasteiger partial charge in [0.2, 0.25) is 5.88 Å². The van der Waals surface area contributed by atoms with Crippen molar-refractivity contribution in [3.63, 3.8) is 0 Å². The van der Waals surface area contributed by atoms with Gasteiger partial charge in [-0.1, -0.05) is 11.8 Å². The van der Waals surface area contributed by atoms with Gasteiger partial charge in [-0.05, 0) is 18.2 Å². The molecule has 2 aromatic heterocycles. The van der Waals surface area contributed by atoms with Crippen LogP contribution < -0.4 is 16.0 Å². The van der Waals surface area contributed by atoms with Crippen molar-refractivity contribution in [1.82, 2.24) is 19.6 Å². The smallest absolute Gasteiger partial charge is 0.274 e. The number of aliphatic imine (C=N–C) groups is 1. The van der Waals surface area contributed by atoms with Gasteiger partial charge in [0.15, 0.2) is 0 Å². The second-order valence-corrected chi connectivity index (χ2v) is 7.11. The minimum absolute atomic E-state index is 0.150. The number of fused-ring (bicyclic) bond motifs is 2. The fourth-order valence-electron chi connectivity index (χ4n) is 2.90. The summed E-state index contributed by atoms with van der Waals surface area (Å²) in [6.45, 7) is 1.68. The zero-order valence-electron chi connectivity index (χ0n) is 14.7. The SMILES string of the molecule is CN=C/C(=C\N)Sc1ccc2c(=O)n(Cc3cc4n(n3)CCO4)ncc2c1. The number of hydrogen-bond acceptors (Lipinski definition) is 7. The van der Waals surface area contributed by atoms with Crippen molar-refractivity contribution in [2.45, 2.75) is 18.0 Å². The molecule has 4 rings (SSSR count). The van der Waals surface area contributed by atoms with Crippen molar-refractivity contribution in [1.29, 1.82) is 0 Å². The molecule has 9 heteroatoms. The Hall–Kier alpha value is -3.07. The first-order valence-corrected chi connectivity index (χ1v) is 9.21. The monoisotopic (exact) mass is 382 g/mol. The van der Waals surface area contributed by atoms with E-state index in [2.05, 4.69) is 15.2 Å². The molecule has 0 spiro atoms. The molecule has 2 N–H and O–H groups in total. The maximum Gasteiger partial charge on any atom is 0.274 e. The Morgan fingerprint density at radius 1 is 1.44 bits per heavy atom. The molecule has 0 fully saturated rings. The van der Waals surface area contributed by atoms with E-state index in [9.17, 15) is 4.79 Å². The van der Waals surface area contributed by atoms with Crippen LogP contribution in [0.25, 0.3) is 10.8 Å². The van der Waals surface area contributed by atoms with E-state index in [1.165, 1.54) is 22.6 Å². The van der Waals surface area contributed by atoms with E-state index in [0.717, 1.165) is 33.3 Å². The molecule has 1 aliphatic heterocycles. The molecule has 0 radical (unpaired) electrons. The number of nitrogens with zero attached hydrogens (tertiary/aromatic N) is 5. The average Bonchev–Trinajstić information content (AvgIpc) is 3.25. The molecule has 0 aliphatic carbocycles. The van der Waals surface area contributed by atoms with Gasteiger partial charge in [-0.3, -0.25) is 9.79 Å². The van der Waals surface area contributed by atoms with Crippen molar-refractivity contribution >= 4 is 28.7 Å². The van der Waals surface area contributed by atoms with Crippen molar-refractivity contribution in [3.8, 4) is 5.88 Å². The number of allylic oxidation sites excluding steroid dienone is 1. The summed E-state index contributed by atoms with van der Waals surface area (Å²) in [7, 11) is 1.69. The van der Waals surface area contributed by atoms with Crippen LogP contribution in [-0.2, 0) is 13.1 Å². The number of nitrogens with two attached hydrogens (primary N) is 1. The Kier molecular flexibility index (Phi) is 4.68. The molecule has 8 nitrogen and oxygen atoms in total. The molecule has 138 valence electrons. The van der Waals surface area contributed by atoms with Gasteiger partial charge in [0, 0.05) is 40.7 Å². The summed E-state index contributed by atoms with van der Waals surface area (Å²) in [5, 5.41) is 10.1. The highest BCUT2D eigenvalue weighted by Gasteiger charge is 2.16. The van der Waals surface area contributed by atoms with Gasteiger partial charge in [0.1, 0.15) is 6.61 Å². The topological polar surface area (TPSA) is 100 Å². The summed E-state index contributed by atoms with van der Waals surface area (Å²) in [5.74, 6) is 0.736. The second-order valence-electron chi connectivity index (χ2n) is 5.96. The van der Waals surface area contributed by atoms with Crippen LogP contribution in [0.15, 0.2) is 56.2 Å². The third-order valence-corrected chi connectivity index (χ3v) is 5.11. The fraction of sp³-hybridized carbons (Fsp3) is 0.222. The highest BCUT2D eigenvalue weighted by atomic mass is 32.2. The first kappa shape index (κ1) is 17.3. The Bertz CT molecular complexity index is 1090. The van der Waals surface area contributed by atoms with E-state index in [-0.39, 0.29) is 5.56 Å². The van der Waals surface area contributed by atoms with Crippen LogP contribution in [-0.4, -0.2) is 39.4 Å². The first-order valence-electron chi connectivity index (χ1n) is 8.39. The molecular weight excluding hydrogens is 364 g/mol. The van der Waals surface area contributed by atoms with Crippen LogP contribution in [0.2, 0.25) is 0 Å². The standard InChI is InChI=1S/C18H18N6O2S/c1-20-10-15(8-19)27-14-2-3-16-12(6-14)9-21-24(18(16)25)11-13-7-17-23(22-13)4-5-26-17/h2-3,6-10H,4-5,11,19H2,1H3/b15-8+,20-10?. The van der Waals surface area contributed by atoms with Gasteiger partial charge in [-0.15, -0.1) is 0 Å². The molecule has 1 aliphatic rings.